The molecular formula is C40H35NO5. The minimum Gasteiger partial charge on any atom is -0.497 e. The lowest BCUT2D eigenvalue weighted by Crippen LogP contribution is -2.31. The average molecular weight is 610 g/mol. The number of fused-ring (bicyclic) bond motifs is 3. The van der Waals surface area contributed by atoms with E-state index in [0.717, 1.165) is 33.4 Å². The first kappa shape index (κ1) is 30.3. The van der Waals surface area contributed by atoms with E-state index in [1.165, 1.54) is 0 Å². The molecule has 0 saturated heterocycles. The van der Waals surface area contributed by atoms with Crippen molar-refractivity contribution in [1.29, 1.82) is 0 Å². The van der Waals surface area contributed by atoms with Gasteiger partial charge >= 0.3 is 6.09 Å². The molecular weight excluding hydrogens is 574 g/mol. The van der Waals surface area contributed by atoms with E-state index in [2.05, 4.69) is 42.7 Å². The fourth-order valence-electron chi connectivity index (χ4n) is 6.11. The molecule has 5 aromatic carbocycles. The van der Waals surface area contributed by atoms with Crippen LogP contribution in [0.15, 0.2) is 122 Å². The Kier molecular flexibility index (Phi) is 8.88. The zero-order chi connectivity index (χ0) is 32.0. The first-order valence-corrected chi connectivity index (χ1v) is 15.0. The topological polar surface area (TPSA) is 66.0 Å². The third-order valence-electron chi connectivity index (χ3n) is 8.32. The van der Waals surface area contributed by atoms with E-state index in [9.17, 15) is 4.79 Å². The monoisotopic (exact) mass is 609 g/mol. The van der Waals surface area contributed by atoms with Crippen LogP contribution < -0.4 is 19.5 Å². The highest BCUT2D eigenvalue weighted by atomic mass is 16.5. The molecule has 1 atom stereocenters. The van der Waals surface area contributed by atoms with Gasteiger partial charge in [0.1, 0.15) is 29.6 Å². The maximum atomic E-state index is 13.8. The van der Waals surface area contributed by atoms with Gasteiger partial charge in [0, 0.05) is 28.7 Å². The number of carbonyl (C=O) groups is 1. The van der Waals surface area contributed by atoms with E-state index in [1.54, 1.807) is 32.4 Å². The van der Waals surface area contributed by atoms with E-state index < -0.39 is 12.1 Å². The number of carbonyl (C=O) groups excluding carboxylic acids is 1. The van der Waals surface area contributed by atoms with Crippen LogP contribution in [0.1, 0.15) is 45.3 Å². The van der Waals surface area contributed by atoms with Crippen molar-refractivity contribution in [2.24, 2.45) is 0 Å². The number of hydrogen-bond donors (Lipinski definition) is 1. The molecule has 0 saturated carbocycles. The summed E-state index contributed by atoms with van der Waals surface area (Å²) in [5.41, 5.74) is 7.55. The summed E-state index contributed by atoms with van der Waals surface area (Å²) in [6.07, 6.45) is 2.90. The Morgan fingerprint density at radius 2 is 1.41 bits per heavy atom. The van der Waals surface area contributed by atoms with Crippen molar-refractivity contribution in [3.63, 3.8) is 0 Å². The lowest BCUT2D eigenvalue weighted by molar-refractivity contribution is 0.140. The van der Waals surface area contributed by atoms with Gasteiger partial charge in [-0.15, -0.1) is 0 Å². The maximum Gasteiger partial charge on any atom is 0.407 e. The lowest BCUT2D eigenvalue weighted by atomic mass is 9.92. The molecule has 0 bridgehead atoms. The predicted molar refractivity (Wildman–Crippen MR) is 183 cm³/mol. The second-order valence-electron chi connectivity index (χ2n) is 10.8. The third kappa shape index (κ3) is 5.85. The number of alkyl carbamates (subject to hydrolysis) is 1. The summed E-state index contributed by atoms with van der Waals surface area (Å²) in [4.78, 5) is 13.8. The molecule has 0 aliphatic heterocycles. The van der Waals surface area contributed by atoms with Gasteiger partial charge in [-0.05, 0) is 52.1 Å². The number of benzene rings is 5. The van der Waals surface area contributed by atoms with Crippen LogP contribution in [-0.4, -0.2) is 26.9 Å². The Morgan fingerprint density at radius 3 is 2.04 bits per heavy atom. The van der Waals surface area contributed by atoms with Crippen molar-refractivity contribution in [1.82, 2.24) is 5.32 Å². The molecule has 0 heterocycles. The predicted octanol–water partition coefficient (Wildman–Crippen LogP) is 9.41. The summed E-state index contributed by atoms with van der Waals surface area (Å²) in [6.45, 7) is 8.22. The van der Waals surface area contributed by atoms with Gasteiger partial charge in [-0.1, -0.05) is 104 Å². The van der Waals surface area contributed by atoms with Crippen LogP contribution in [0, 0.1) is 0 Å². The van der Waals surface area contributed by atoms with Crippen molar-refractivity contribution in [2.75, 3.05) is 20.8 Å². The van der Waals surface area contributed by atoms with Gasteiger partial charge in [0.25, 0.3) is 0 Å². The molecule has 0 spiro atoms. The quantitative estimate of drug-likeness (QED) is 0.162. The van der Waals surface area contributed by atoms with Gasteiger partial charge < -0.3 is 24.3 Å². The van der Waals surface area contributed by atoms with Crippen LogP contribution in [0.5, 0.6) is 23.0 Å². The highest BCUT2D eigenvalue weighted by Crippen LogP contribution is 2.45. The van der Waals surface area contributed by atoms with Gasteiger partial charge in [0.05, 0.1) is 20.3 Å². The standard InChI is InChI=1S/C40H35NO5/c1-5-26-20-22-35(39(29(26)6-2)46-27-14-8-7-9-15-27)38(34-23-21-28(43-3)24-37(34)44-4)41-40(42)45-25-36-32-18-12-10-16-30(32)31-17-11-13-19-33(31)36/h5-24,36,38H,1-2,25H2,3-4H3,(H,41,42). The molecule has 1 N–H and O–H groups in total. The number of para-hydroxylation sites is 1. The van der Waals surface area contributed by atoms with Crippen LogP contribution in [0.2, 0.25) is 0 Å². The number of rotatable bonds is 11. The maximum absolute atomic E-state index is 13.8. The lowest BCUT2D eigenvalue weighted by Gasteiger charge is -2.26. The Balaban J connectivity index is 1.39. The van der Waals surface area contributed by atoms with Crippen LogP contribution in [0.4, 0.5) is 4.79 Å². The molecule has 46 heavy (non-hydrogen) atoms. The number of hydrogen-bond acceptors (Lipinski definition) is 5. The van der Waals surface area contributed by atoms with Crippen molar-refractivity contribution < 1.29 is 23.7 Å². The van der Waals surface area contributed by atoms with E-state index in [0.29, 0.717) is 34.1 Å². The summed E-state index contributed by atoms with van der Waals surface area (Å²) in [5, 5.41) is 3.13. The molecule has 6 rings (SSSR count). The van der Waals surface area contributed by atoms with Crippen molar-refractivity contribution in [3.05, 3.63) is 156 Å². The second-order valence-corrected chi connectivity index (χ2v) is 10.8. The highest BCUT2D eigenvalue weighted by molar-refractivity contribution is 5.79. The smallest absolute Gasteiger partial charge is 0.407 e. The zero-order valence-corrected chi connectivity index (χ0v) is 25.9. The first-order valence-electron chi connectivity index (χ1n) is 15.0. The number of amides is 1. The SMILES string of the molecule is C=Cc1ccc(C(NC(=O)OCC2c3ccccc3-c3ccccc32)c2ccc(OC)cc2OC)c(Oc2ccccc2)c1C=C. The zero-order valence-electron chi connectivity index (χ0n) is 25.9. The molecule has 230 valence electrons. The van der Waals surface area contributed by atoms with E-state index in [4.69, 9.17) is 18.9 Å². The normalized spacial score (nSPS) is 12.3. The van der Waals surface area contributed by atoms with Crippen LogP contribution >= 0.6 is 0 Å². The molecule has 0 fully saturated rings. The Hall–Kier alpha value is -5.75. The third-order valence-corrected chi connectivity index (χ3v) is 8.32. The van der Waals surface area contributed by atoms with Gasteiger partial charge in [-0.2, -0.15) is 0 Å². The Morgan fingerprint density at radius 1 is 0.761 bits per heavy atom. The molecule has 6 nitrogen and oxygen atoms in total. The Labute approximate surface area is 269 Å². The molecule has 1 aliphatic rings. The molecule has 1 aliphatic carbocycles. The minimum absolute atomic E-state index is 0.0802. The van der Waals surface area contributed by atoms with Gasteiger partial charge in [-0.3, -0.25) is 0 Å². The summed E-state index contributed by atoms with van der Waals surface area (Å²) >= 11 is 0. The van der Waals surface area contributed by atoms with Crippen LogP contribution in [0.25, 0.3) is 23.3 Å². The molecule has 1 amide bonds. The summed E-state index contributed by atoms with van der Waals surface area (Å²) in [6, 6.07) is 34.6. The molecule has 5 aromatic rings. The highest BCUT2D eigenvalue weighted by Gasteiger charge is 2.31. The number of methoxy groups -OCH3 is 2. The second kappa shape index (κ2) is 13.5. The fourth-order valence-corrected chi connectivity index (χ4v) is 6.11. The summed E-state index contributed by atoms with van der Waals surface area (Å²) < 4.78 is 23.8. The van der Waals surface area contributed by atoms with E-state index in [-0.39, 0.29) is 12.5 Å². The molecule has 6 heteroatoms. The van der Waals surface area contributed by atoms with Crippen molar-refractivity contribution in [3.8, 4) is 34.1 Å². The van der Waals surface area contributed by atoms with Crippen LogP contribution in [-0.2, 0) is 4.74 Å². The summed E-state index contributed by atoms with van der Waals surface area (Å²) in [5.74, 6) is 2.23. The fraction of sp³-hybridized carbons (Fsp3) is 0.125. The van der Waals surface area contributed by atoms with Crippen molar-refractivity contribution in [2.45, 2.75) is 12.0 Å². The molecule has 1 unspecified atom stereocenters. The first-order chi connectivity index (χ1) is 22.6. The van der Waals surface area contributed by atoms with Gasteiger partial charge in [0.2, 0.25) is 0 Å². The number of nitrogens with one attached hydrogen (secondary N) is 1. The molecule has 0 radical (unpaired) electrons. The minimum atomic E-state index is -0.729. The summed E-state index contributed by atoms with van der Waals surface area (Å²) in [7, 11) is 3.18. The van der Waals surface area contributed by atoms with Gasteiger partial charge in [-0.25, -0.2) is 4.79 Å². The Bertz CT molecular complexity index is 1850. The number of ether oxygens (including phenoxy) is 4. The largest absolute Gasteiger partial charge is 0.497 e. The van der Waals surface area contributed by atoms with Crippen molar-refractivity contribution >= 4 is 18.2 Å². The van der Waals surface area contributed by atoms with Gasteiger partial charge in [0.15, 0.2) is 0 Å². The van der Waals surface area contributed by atoms with E-state index in [1.807, 2.05) is 78.9 Å². The molecule has 0 aromatic heterocycles. The van der Waals surface area contributed by atoms with Crippen LogP contribution in [0.3, 0.4) is 0 Å². The average Bonchev–Trinajstić information content (AvgIpc) is 3.43. The van der Waals surface area contributed by atoms with E-state index >= 15 is 0 Å².